The standard InChI is InChI=1S/C24H12Br2ClF3N4O/c25-15-6-1-4-13(10-15)21-20(27)22(14-5-2-7-16(26)11-14)34(33-21)23-31-17(18-8-3-9-35-18)12-19(32-23)24(28,29)30/h1-12H. The Morgan fingerprint density at radius 3 is 2.17 bits per heavy atom. The average molecular weight is 625 g/mol. The minimum Gasteiger partial charge on any atom is -0.463 e. The van der Waals surface area contributed by atoms with Crippen molar-refractivity contribution in [2.75, 3.05) is 0 Å². The quantitative estimate of drug-likeness (QED) is 0.201. The smallest absolute Gasteiger partial charge is 0.433 e. The van der Waals surface area contributed by atoms with E-state index in [0.717, 1.165) is 15.0 Å². The first-order chi connectivity index (χ1) is 16.7. The van der Waals surface area contributed by atoms with Gasteiger partial charge in [-0.2, -0.15) is 23.0 Å². The zero-order chi connectivity index (χ0) is 24.7. The molecule has 3 aromatic heterocycles. The lowest BCUT2D eigenvalue weighted by Gasteiger charge is -2.12. The van der Waals surface area contributed by atoms with E-state index < -0.39 is 11.9 Å². The lowest BCUT2D eigenvalue weighted by molar-refractivity contribution is -0.141. The molecule has 2 aromatic carbocycles. The van der Waals surface area contributed by atoms with E-state index in [1.807, 2.05) is 24.3 Å². The molecule has 11 heteroatoms. The first-order valence-electron chi connectivity index (χ1n) is 10.0. The van der Waals surface area contributed by atoms with Crippen LogP contribution in [0.2, 0.25) is 5.02 Å². The Bertz CT molecular complexity index is 1530. The average Bonchev–Trinajstić information content (AvgIpc) is 3.47. The van der Waals surface area contributed by atoms with Gasteiger partial charge in [0.05, 0.1) is 17.0 Å². The van der Waals surface area contributed by atoms with Crippen LogP contribution < -0.4 is 0 Å². The van der Waals surface area contributed by atoms with E-state index in [-0.39, 0.29) is 22.4 Å². The summed E-state index contributed by atoms with van der Waals surface area (Å²) in [6.45, 7) is 0. The van der Waals surface area contributed by atoms with E-state index in [1.54, 1.807) is 30.3 Å². The normalized spacial score (nSPS) is 11.7. The molecule has 0 aliphatic carbocycles. The highest BCUT2D eigenvalue weighted by molar-refractivity contribution is 9.10. The van der Waals surface area contributed by atoms with Crippen LogP contribution in [0.15, 0.2) is 86.4 Å². The Labute approximate surface area is 218 Å². The van der Waals surface area contributed by atoms with Gasteiger partial charge in [0.25, 0.3) is 5.95 Å². The van der Waals surface area contributed by atoms with E-state index in [2.05, 4.69) is 46.9 Å². The highest BCUT2D eigenvalue weighted by atomic mass is 79.9. The number of benzene rings is 2. The van der Waals surface area contributed by atoms with Crippen LogP contribution >= 0.6 is 43.5 Å². The van der Waals surface area contributed by atoms with Crippen molar-refractivity contribution in [3.05, 3.63) is 92.7 Å². The fourth-order valence-corrected chi connectivity index (χ4v) is 4.61. The van der Waals surface area contributed by atoms with E-state index in [0.29, 0.717) is 22.5 Å². The molecule has 35 heavy (non-hydrogen) atoms. The monoisotopic (exact) mass is 622 g/mol. The van der Waals surface area contributed by atoms with Crippen molar-refractivity contribution in [1.29, 1.82) is 0 Å². The van der Waals surface area contributed by atoms with Crippen LogP contribution in [0.4, 0.5) is 13.2 Å². The van der Waals surface area contributed by atoms with E-state index in [1.165, 1.54) is 17.0 Å². The molecule has 0 N–H and O–H groups in total. The zero-order valence-electron chi connectivity index (χ0n) is 17.4. The lowest BCUT2D eigenvalue weighted by atomic mass is 10.1. The Morgan fingerprint density at radius 1 is 0.857 bits per heavy atom. The van der Waals surface area contributed by atoms with Gasteiger partial charge in [-0.25, -0.2) is 9.97 Å². The third kappa shape index (κ3) is 4.78. The van der Waals surface area contributed by atoms with Crippen LogP contribution in [0.1, 0.15) is 5.69 Å². The number of hydrogen-bond acceptors (Lipinski definition) is 4. The number of nitrogens with zero attached hydrogens (tertiary/aromatic N) is 4. The summed E-state index contributed by atoms with van der Waals surface area (Å²) in [5.41, 5.74) is 0.806. The van der Waals surface area contributed by atoms with Crippen molar-refractivity contribution in [3.63, 3.8) is 0 Å². The van der Waals surface area contributed by atoms with Gasteiger partial charge in [0.15, 0.2) is 11.5 Å². The maximum atomic E-state index is 13.8. The van der Waals surface area contributed by atoms with Crippen molar-refractivity contribution in [1.82, 2.24) is 19.7 Å². The Balaban J connectivity index is 1.81. The second-order valence-electron chi connectivity index (χ2n) is 7.36. The molecular formula is C24H12Br2ClF3N4O. The van der Waals surface area contributed by atoms with Gasteiger partial charge in [0.1, 0.15) is 11.4 Å². The van der Waals surface area contributed by atoms with Crippen LogP contribution in [0.3, 0.4) is 0 Å². The van der Waals surface area contributed by atoms with Crippen LogP contribution in [0, 0.1) is 0 Å². The van der Waals surface area contributed by atoms with Crippen molar-refractivity contribution >= 4 is 43.5 Å². The van der Waals surface area contributed by atoms with E-state index >= 15 is 0 Å². The van der Waals surface area contributed by atoms with Crippen LogP contribution in [0.25, 0.3) is 39.9 Å². The summed E-state index contributed by atoms with van der Waals surface area (Å²) in [4.78, 5) is 8.15. The summed E-state index contributed by atoms with van der Waals surface area (Å²) < 4.78 is 49.4. The fraction of sp³-hybridized carbons (Fsp3) is 0.0417. The van der Waals surface area contributed by atoms with Crippen LogP contribution in [0.5, 0.6) is 0 Å². The summed E-state index contributed by atoms with van der Waals surface area (Å²) in [7, 11) is 0. The third-order valence-electron chi connectivity index (χ3n) is 4.99. The molecule has 3 heterocycles. The minimum atomic E-state index is -4.72. The predicted molar refractivity (Wildman–Crippen MR) is 133 cm³/mol. The summed E-state index contributed by atoms with van der Waals surface area (Å²) in [6.07, 6.45) is -3.37. The Hall–Kier alpha value is -2.95. The molecule has 0 atom stereocenters. The SMILES string of the molecule is FC(F)(F)c1cc(-c2ccco2)nc(-n2nc(-c3cccc(Br)c3)c(Cl)c2-c2cccc(Br)c2)n1. The van der Waals surface area contributed by atoms with Gasteiger partial charge in [-0.05, 0) is 42.5 Å². The van der Waals surface area contributed by atoms with Crippen molar-refractivity contribution in [2.45, 2.75) is 6.18 Å². The number of rotatable bonds is 4. The van der Waals surface area contributed by atoms with Gasteiger partial charge in [-0.15, -0.1) is 0 Å². The molecular weight excluding hydrogens is 613 g/mol. The molecule has 0 spiro atoms. The second kappa shape index (κ2) is 9.25. The number of alkyl halides is 3. The van der Waals surface area contributed by atoms with E-state index in [4.69, 9.17) is 16.0 Å². The molecule has 0 unspecified atom stereocenters. The molecule has 0 fully saturated rings. The first kappa shape index (κ1) is 23.8. The van der Waals surface area contributed by atoms with Gasteiger partial charge in [-0.1, -0.05) is 67.7 Å². The van der Waals surface area contributed by atoms with Gasteiger partial charge < -0.3 is 4.42 Å². The van der Waals surface area contributed by atoms with Crippen LogP contribution in [-0.4, -0.2) is 19.7 Å². The fourth-order valence-electron chi connectivity index (χ4n) is 3.47. The largest absolute Gasteiger partial charge is 0.463 e. The van der Waals surface area contributed by atoms with Gasteiger partial charge in [0, 0.05) is 20.1 Å². The number of aromatic nitrogens is 4. The van der Waals surface area contributed by atoms with Gasteiger partial charge >= 0.3 is 6.18 Å². The molecule has 0 aliphatic rings. The van der Waals surface area contributed by atoms with E-state index in [9.17, 15) is 13.2 Å². The van der Waals surface area contributed by atoms with Gasteiger partial charge in [-0.3, -0.25) is 0 Å². The Kier molecular flexibility index (Phi) is 6.29. The second-order valence-corrected chi connectivity index (χ2v) is 9.57. The number of hydrogen-bond donors (Lipinski definition) is 0. The third-order valence-corrected chi connectivity index (χ3v) is 6.34. The predicted octanol–water partition coefficient (Wildman–Crippen LogP) is 8.45. The summed E-state index contributed by atoms with van der Waals surface area (Å²) in [5.74, 6) is -0.141. The molecule has 0 amide bonds. The molecule has 0 aliphatic heterocycles. The Morgan fingerprint density at radius 2 is 1.54 bits per heavy atom. The molecule has 0 saturated carbocycles. The van der Waals surface area contributed by atoms with Crippen molar-refractivity contribution in [2.24, 2.45) is 0 Å². The summed E-state index contributed by atoms with van der Waals surface area (Å²) in [5, 5.41) is 4.81. The molecule has 176 valence electrons. The number of halogens is 6. The molecule has 5 rings (SSSR count). The highest BCUT2D eigenvalue weighted by Gasteiger charge is 2.35. The number of furan rings is 1. The molecule has 5 aromatic rings. The molecule has 5 nitrogen and oxygen atoms in total. The minimum absolute atomic E-state index is 0.0388. The zero-order valence-corrected chi connectivity index (χ0v) is 21.3. The maximum Gasteiger partial charge on any atom is 0.433 e. The van der Waals surface area contributed by atoms with Gasteiger partial charge in [0.2, 0.25) is 0 Å². The first-order valence-corrected chi connectivity index (χ1v) is 12.0. The molecule has 0 saturated heterocycles. The lowest BCUT2D eigenvalue weighted by Crippen LogP contribution is -2.14. The summed E-state index contributed by atoms with van der Waals surface area (Å²) in [6, 6.07) is 18.3. The van der Waals surface area contributed by atoms with Crippen molar-refractivity contribution in [3.8, 4) is 39.9 Å². The maximum absolute atomic E-state index is 13.8. The highest BCUT2D eigenvalue weighted by Crippen LogP contribution is 2.39. The topological polar surface area (TPSA) is 56.7 Å². The van der Waals surface area contributed by atoms with Crippen LogP contribution in [-0.2, 0) is 6.18 Å². The molecule has 0 bridgehead atoms. The summed E-state index contributed by atoms with van der Waals surface area (Å²) >= 11 is 13.7. The van der Waals surface area contributed by atoms with Crippen molar-refractivity contribution < 1.29 is 17.6 Å². The molecule has 0 radical (unpaired) electrons.